The first-order valence-corrected chi connectivity index (χ1v) is 7.35. The van der Waals surface area contributed by atoms with Crippen molar-refractivity contribution in [2.24, 2.45) is 0 Å². The van der Waals surface area contributed by atoms with Gasteiger partial charge in [0.1, 0.15) is 5.69 Å². The van der Waals surface area contributed by atoms with Gasteiger partial charge in [-0.15, -0.1) is 0 Å². The molecule has 3 rings (SSSR count). The van der Waals surface area contributed by atoms with E-state index in [1.54, 1.807) is 12.1 Å². The topological polar surface area (TPSA) is 73.0 Å². The van der Waals surface area contributed by atoms with E-state index in [1.807, 2.05) is 52.0 Å². The molecule has 0 aliphatic carbocycles. The molecule has 1 aliphatic heterocycles. The maximum Gasteiger partial charge on any atom is 0.367 e. The monoisotopic (exact) mass is 316 g/mol. The van der Waals surface area contributed by atoms with Gasteiger partial charge in [-0.3, -0.25) is 5.21 Å². The Labute approximate surface area is 134 Å². The normalized spacial score (nSPS) is 15.2. The molecule has 7 nitrogen and oxygen atoms in total. The van der Waals surface area contributed by atoms with Gasteiger partial charge in [0.25, 0.3) is 5.88 Å². The highest BCUT2D eigenvalue weighted by molar-refractivity contribution is 5.99. The first-order chi connectivity index (χ1) is 10.7. The molecule has 0 bridgehead atoms. The van der Waals surface area contributed by atoms with Gasteiger partial charge in [0, 0.05) is 12.5 Å². The van der Waals surface area contributed by atoms with Crippen LogP contribution in [0.15, 0.2) is 28.8 Å². The van der Waals surface area contributed by atoms with Crippen LogP contribution in [0.1, 0.15) is 32.0 Å². The number of rotatable bonds is 1. The first kappa shape index (κ1) is 15.4. The van der Waals surface area contributed by atoms with E-state index in [0.29, 0.717) is 16.6 Å². The van der Waals surface area contributed by atoms with E-state index in [0.717, 1.165) is 11.3 Å². The zero-order valence-electron chi connectivity index (χ0n) is 13.9. The van der Waals surface area contributed by atoms with Gasteiger partial charge < -0.3 is 4.52 Å². The molecule has 0 fully saturated rings. The number of amides is 2. The van der Waals surface area contributed by atoms with Gasteiger partial charge in [-0.25, -0.2) is 14.8 Å². The summed E-state index contributed by atoms with van der Waals surface area (Å²) in [5, 5.41) is 17.9. The highest BCUT2D eigenvalue weighted by Gasteiger charge is 2.42. The third kappa shape index (κ3) is 2.33. The minimum absolute atomic E-state index is 0.280. The fourth-order valence-corrected chi connectivity index (χ4v) is 2.60. The standard InChI is InChI=1S/C16H20N4O3/c1-10-7-6-8-11(9-10)19-14-12(20(22)15(21)18(19)5)13(17-23-14)16(2,3)4/h6-9,22H,1-5H3. The van der Waals surface area contributed by atoms with Crippen molar-refractivity contribution < 1.29 is 14.5 Å². The Kier molecular flexibility index (Phi) is 3.33. The third-order valence-corrected chi connectivity index (χ3v) is 3.77. The SMILES string of the molecule is Cc1cccc(N2c3onc(C(C)(C)C)c3N(O)C(=O)N2C)c1. The second kappa shape index (κ2) is 4.99. The lowest BCUT2D eigenvalue weighted by molar-refractivity contribution is 0.167. The largest absolute Gasteiger partial charge is 0.367 e. The Balaban J connectivity index is 2.22. The van der Waals surface area contributed by atoms with Crippen LogP contribution in [0.25, 0.3) is 0 Å². The molecule has 0 atom stereocenters. The molecule has 7 heteroatoms. The molecular weight excluding hydrogens is 296 g/mol. The van der Waals surface area contributed by atoms with Crippen molar-refractivity contribution in [3.8, 4) is 0 Å². The molecule has 2 amide bonds. The lowest BCUT2D eigenvalue weighted by atomic mass is 9.91. The molecule has 0 radical (unpaired) electrons. The van der Waals surface area contributed by atoms with Gasteiger partial charge in [-0.1, -0.05) is 38.1 Å². The van der Waals surface area contributed by atoms with Crippen LogP contribution in [0.5, 0.6) is 0 Å². The van der Waals surface area contributed by atoms with Crippen molar-refractivity contribution >= 4 is 23.3 Å². The summed E-state index contributed by atoms with van der Waals surface area (Å²) in [4.78, 5) is 12.4. The van der Waals surface area contributed by atoms with Crippen LogP contribution >= 0.6 is 0 Å². The minimum Gasteiger partial charge on any atom is -0.334 e. The summed E-state index contributed by atoms with van der Waals surface area (Å²) in [6.07, 6.45) is 0. The summed E-state index contributed by atoms with van der Waals surface area (Å²) >= 11 is 0. The fraction of sp³-hybridized carbons (Fsp3) is 0.375. The van der Waals surface area contributed by atoms with E-state index in [1.165, 1.54) is 5.01 Å². The number of carbonyl (C=O) groups is 1. The third-order valence-electron chi connectivity index (χ3n) is 3.77. The molecule has 122 valence electrons. The van der Waals surface area contributed by atoms with Gasteiger partial charge >= 0.3 is 6.03 Å². The number of hydrogen-bond donors (Lipinski definition) is 1. The van der Waals surface area contributed by atoms with Crippen molar-refractivity contribution in [1.82, 2.24) is 10.2 Å². The molecule has 2 heterocycles. The number of urea groups is 1. The molecule has 0 saturated carbocycles. The molecule has 1 aliphatic rings. The van der Waals surface area contributed by atoms with E-state index in [2.05, 4.69) is 5.16 Å². The Morgan fingerprint density at radius 3 is 2.57 bits per heavy atom. The fourth-order valence-electron chi connectivity index (χ4n) is 2.60. The smallest absolute Gasteiger partial charge is 0.334 e. The Bertz CT molecular complexity index is 763. The van der Waals surface area contributed by atoms with Crippen LogP contribution < -0.4 is 10.1 Å². The molecule has 1 aromatic heterocycles. The number of hydrazine groups is 1. The van der Waals surface area contributed by atoms with Gasteiger partial charge in [-0.2, -0.15) is 5.06 Å². The number of anilines is 3. The molecule has 0 spiro atoms. The van der Waals surface area contributed by atoms with Crippen molar-refractivity contribution in [1.29, 1.82) is 0 Å². The Morgan fingerprint density at radius 2 is 1.96 bits per heavy atom. The number of benzene rings is 1. The molecular formula is C16H20N4O3. The van der Waals surface area contributed by atoms with Crippen LogP contribution in [-0.4, -0.2) is 28.5 Å². The van der Waals surface area contributed by atoms with Crippen LogP contribution in [0.3, 0.4) is 0 Å². The lowest BCUT2D eigenvalue weighted by Gasteiger charge is -2.38. The quantitative estimate of drug-likeness (QED) is 0.814. The van der Waals surface area contributed by atoms with Crippen molar-refractivity contribution in [2.45, 2.75) is 33.1 Å². The predicted molar refractivity (Wildman–Crippen MR) is 85.9 cm³/mol. The zero-order chi connectivity index (χ0) is 16.9. The Hall–Kier alpha value is -2.54. The van der Waals surface area contributed by atoms with E-state index in [4.69, 9.17) is 4.52 Å². The second-order valence-corrected chi connectivity index (χ2v) is 6.70. The maximum absolute atomic E-state index is 12.4. The van der Waals surface area contributed by atoms with E-state index in [-0.39, 0.29) is 11.1 Å². The number of hydrogen-bond acceptors (Lipinski definition) is 5. The van der Waals surface area contributed by atoms with Crippen LogP contribution in [0, 0.1) is 6.92 Å². The number of aryl methyl sites for hydroxylation is 1. The average molecular weight is 316 g/mol. The number of aromatic nitrogens is 1. The van der Waals surface area contributed by atoms with Gasteiger partial charge in [0.05, 0.1) is 5.69 Å². The van der Waals surface area contributed by atoms with Crippen molar-refractivity contribution in [3.63, 3.8) is 0 Å². The summed E-state index contributed by atoms with van der Waals surface area (Å²) in [6.45, 7) is 7.80. The maximum atomic E-state index is 12.4. The highest BCUT2D eigenvalue weighted by Crippen LogP contribution is 2.44. The van der Waals surface area contributed by atoms with E-state index in [9.17, 15) is 10.0 Å². The van der Waals surface area contributed by atoms with Gasteiger partial charge in [-0.05, 0) is 24.6 Å². The highest BCUT2D eigenvalue weighted by atomic mass is 16.5. The molecule has 1 aromatic carbocycles. The summed E-state index contributed by atoms with van der Waals surface area (Å²) in [7, 11) is 1.57. The minimum atomic E-state index is -0.576. The van der Waals surface area contributed by atoms with E-state index < -0.39 is 6.03 Å². The van der Waals surface area contributed by atoms with E-state index >= 15 is 0 Å². The van der Waals surface area contributed by atoms with Crippen LogP contribution in [0.2, 0.25) is 0 Å². The number of fused-ring (bicyclic) bond motifs is 1. The summed E-state index contributed by atoms with van der Waals surface area (Å²) in [5.41, 5.74) is 2.22. The summed E-state index contributed by atoms with van der Waals surface area (Å²) < 4.78 is 5.49. The number of carbonyl (C=O) groups excluding carboxylic acids is 1. The zero-order valence-corrected chi connectivity index (χ0v) is 13.9. The van der Waals surface area contributed by atoms with Crippen LogP contribution in [-0.2, 0) is 5.41 Å². The van der Waals surface area contributed by atoms with Gasteiger partial charge in [0.2, 0.25) is 0 Å². The Morgan fingerprint density at radius 1 is 1.26 bits per heavy atom. The van der Waals surface area contributed by atoms with Crippen LogP contribution in [0.4, 0.5) is 22.1 Å². The summed E-state index contributed by atoms with van der Waals surface area (Å²) in [6, 6.07) is 7.09. The molecule has 23 heavy (non-hydrogen) atoms. The average Bonchev–Trinajstić information content (AvgIpc) is 2.90. The molecule has 0 saturated heterocycles. The number of nitrogens with zero attached hydrogens (tertiary/aromatic N) is 4. The number of hydroxylamine groups is 1. The molecule has 0 unspecified atom stereocenters. The van der Waals surface area contributed by atoms with Crippen molar-refractivity contribution in [2.75, 3.05) is 17.1 Å². The first-order valence-electron chi connectivity index (χ1n) is 7.35. The lowest BCUT2D eigenvalue weighted by Crippen LogP contribution is -2.52. The van der Waals surface area contributed by atoms with Crippen molar-refractivity contribution in [3.05, 3.63) is 35.5 Å². The molecule has 2 aromatic rings. The summed E-state index contributed by atoms with van der Waals surface area (Å²) in [5.74, 6) is 0.310. The predicted octanol–water partition coefficient (Wildman–Crippen LogP) is 3.59. The molecule has 1 N–H and O–H groups in total. The second-order valence-electron chi connectivity index (χ2n) is 6.70. The van der Waals surface area contributed by atoms with Gasteiger partial charge in [0.15, 0.2) is 5.69 Å².